The number of carbonyl (C=O) groups excluding carboxylic acids is 1. The summed E-state index contributed by atoms with van der Waals surface area (Å²) in [5.41, 5.74) is 1.07. The van der Waals surface area contributed by atoms with Crippen molar-refractivity contribution in [3.8, 4) is 0 Å². The van der Waals surface area contributed by atoms with Crippen molar-refractivity contribution in [1.82, 2.24) is 19.3 Å². The number of carboxylic acids is 1. The van der Waals surface area contributed by atoms with E-state index >= 15 is 0 Å². The Morgan fingerprint density at radius 2 is 1.69 bits per heavy atom. The van der Waals surface area contributed by atoms with Crippen LogP contribution in [0.3, 0.4) is 0 Å². The molecule has 0 spiro atoms. The number of rotatable bonds is 6. The number of sulfonamides is 1. The van der Waals surface area contributed by atoms with Gasteiger partial charge in [0.05, 0.1) is 11.4 Å². The van der Waals surface area contributed by atoms with Gasteiger partial charge >= 0.3 is 5.97 Å². The number of piperazine rings is 1. The van der Waals surface area contributed by atoms with Gasteiger partial charge < -0.3 is 10.0 Å². The second kappa shape index (κ2) is 11.6. The minimum atomic E-state index is -4.12. The molecule has 10 nitrogen and oxygen atoms in total. The fourth-order valence-electron chi connectivity index (χ4n) is 5.23. The van der Waals surface area contributed by atoms with E-state index in [9.17, 15) is 23.1 Å². The quantitative estimate of drug-likeness (QED) is 0.463. The third-order valence-electron chi connectivity index (χ3n) is 7.30. The van der Waals surface area contributed by atoms with Crippen LogP contribution in [0, 0.1) is 0 Å². The Balaban J connectivity index is 0.00000353. The maximum Gasteiger partial charge on any atom is 0.329 e. The largest absolute Gasteiger partial charge is 0.480 e. The van der Waals surface area contributed by atoms with E-state index in [1.165, 1.54) is 17.1 Å². The van der Waals surface area contributed by atoms with Gasteiger partial charge in [-0.2, -0.15) is 4.31 Å². The number of anilines is 1. The predicted octanol–water partition coefficient (Wildman–Crippen LogP) is 3.11. The fraction of sp³-hybridized carbons (Fsp3) is 0.346. The highest BCUT2D eigenvalue weighted by atomic mass is 35.5. The Morgan fingerprint density at radius 3 is 2.36 bits per heavy atom. The summed E-state index contributed by atoms with van der Waals surface area (Å²) >= 11 is 6.03. The van der Waals surface area contributed by atoms with Gasteiger partial charge in [-0.05, 0) is 60.0 Å². The number of halogens is 2. The first kappa shape index (κ1) is 29.0. The molecule has 2 aromatic carbocycles. The maximum absolute atomic E-state index is 13.5. The first-order valence-corrected chi connectivity index (χ1v) is 14.1. The van der Waals surface area contributed by atoms with Crippen LogP contribution < -0.4 is 4.90 Å². The number of hydrogen-bond donors (Lipinski definition) is 1. The highest BCUT2D eigenvalue weighted by Gasteiger charge is 2.45. The van der Waals surface area contributed by atoms with Crippen molar-refractivity contribution in [2.45, 2.75) is 29.8 Å². The second-order valence-electron chi connectivity index (χ2n) is 9.54. The number of benzene rings is 2. The Kier molecular flexibility index (Phi) is 8.67. The average Bonchev–Trinajstić information content (AvgIpc) is 2.92. The number of carbonyl (C=O) groups is 2. The Labute approximate surface area is 238 Å². The summed E-state index contributed by atoms with van der Waals surface area (Å²) in [4.78, 5) is 31.9. The van der Waals surface area contributed by atoms with E-state index in [1.807, 2.05) is 12.1 Å². The molecular weight excluding hydrogens is 565 g/mol. The third-order valence-corrected chi connectivity index (χ3v) is 9.34. The highest BCUT2D eigenvalue weighted by Crippen LogP contribution is 2.28. The SMILES string of the molecule is CN(C1CCN(c2ccncc2)CC1)N1C(=O)CN(S(=O)(=O)c2ccc3cc(Cl)ccc3c2)CC1C(=O)O.Cl. The van der Waals surface area contributed by atoms with Crippen LogP contribution in [-0.2, 0) is 19.6 Å². The number of aliphatic carboxylic acids is 1. The lowest BCUT2D eigenvalue weighted by Gasteiger charge is -2.47. The summed E-state index contributed by atoms with van der Waals surface area (Å²) in [5, 5.41) is 14.9. The summed E-state index contributed by atoms with van der Waals surface area (Å²) in [6, 6.07) is 12.2. The van der Waals surface area contributed by atoms with Crippen LogP contribution in [0.2, 0.25) is 5.02 Å². The molecule has 13 heteroatoms. The zero-order chi connectivity index (χ0) is 27.0. The number of piperidine rings is 1. The second-order valence-corrected chi connectivity index (χ2v) is 11.9. The van der Waals surface area contributed by atoms with Gasteiger partial charge in [0.1, 0.15) is 0 Å². The van der Waals surface area contributed by atoms with E-state index in [2.05, 4.69) is 9.88 Å². The van der Waals surface area contributed by atoms with Crippen LogP contribution >= 0.6 is 24.0 Å². The molecule has 5 rings (SSSR count). The monoisotopic (exact) mass is 593 g/mol. The van der Waals surface area contributed by atoms with Crippen molar-refractivity contribution in [1.29, 1.82) is 0 Å². The first-order valence-electron chi connectivity index (χ1n) is 12.3. The van der Waals surface area contributed by atoms with Gasteiger partial charge in [-0.25, -0.2) is 18.2 Å². The lowest BCUT2D eigenvalue weighted by Crippen LogP contribution is -2.66. The van der Waals surface area contributed by atoms with Crippen molar-refractivity contribution in [2.24, 2.45) is 0 Å². The molecule has 1 amide bonds. The molecule has 2 saturated heterocycles. The lowest BCUT2D eigenvalue weighted by molar-refractivity contribution is -0.177. The number of hydrazine groups is 1. The van der Waals surface area contributed by atoms with Gasteiger partial charge in [0.25, 0.3) is 5.91 Å². The van der Waals surface area contributed by atoms with Crippen molar-refractivity contribution < 1.29 is 23.1 Å². The topological polar surface area (TPSA) is 114 Å². The molecule has 3 heterocycles. The highest BCUT2D eigenvalue weighted by molar-refractivity contribution is 7.89. The molecule has 1 unspecified atom stereocenters. The molecule has 2 fully saturated rings. The van der Waals surface area contributed by atoms with Gasteiger partial charge in [0, 0.05) is 55.8 Å². The molecule has 0 radical (unpaired) electrons. The molecule has 0 aliphatic carbocycles. The third kappa shape index (κ3) is 5.82. The molecule has 0 saturated carbocycles. The predicted molar refractivity (Wildman–Crippen MR) is 150 cm³/mol. The van der Waals surface area contributed by atoms with Crippen LogP contribution in [0.25, 0.3) is 10.8 Å². The zero-order valence-electron chi connectivity index (χ0n) is 21.2. The molecule has 3 aromatic rings. The van der Waals surface area contributed by atoms with E-state index < -0.39 is 34.5 Å². The zero-order valence-corrected chi connectivity index (χ0v) is 23.6. The van der Waals surface area contributed by atoms with E-state index in [1.54, 1.807) is 48.7 Å². The molecule has 0 bridgehead atoms. The molecular formula is C26H29Cl2N5O5S. The Morgan fingerprint density at radius 1 is 1.05 bits per heavy atom. The van der Waals surface area contributed by atoms with E-state index in [-0.39, 0.29) is 29.9 Å². The number of amides is 1. The number of fused-ring (bicyclic) bond motifs is 1. The molecule has 2 aliphatic heterocycles. The van der Waals surface area contributed by atoms with Gasteiger partial charge in [0.2, 0.25) is 10.0 Å². The smallest absolute Gasteiger partial charge is 0.329 e. The first-order chi connectivity index (χ1) is 18.1. The summed E-state index contributed by atoms with van der Waals surface area (Å²) in [6.45, 7) is 0.701. The lowest BCUT2D eigenvalue weighted by atomic mass is 10.0. The Hall–Kier alpha value is -2.96. The number of aromatic nitrogens is 1. The molecule has 2 aliphatic rings. The fourth-order valence-corrected chi connectivity index (χ4v) is 6.84. The summed E-state index contributed by atoms with van der Waals surface area (Å²) in [5.74, 6) is -1.83. The Bertz CT molecular complexity index is 1470. The molecule has 1 N–H and O–H groups in total. The van der Waals surface area contributed by atoms with E-state index in [0.29, 0.717) is 10.4 Å². The average molecular weight is 595 g/mol. The molecule has 208 valence electrons. The number of pyridine rings is 1. The number of carboxylic acid groups (broad SMARTS) is 1. The van der Waals surface area contributed by atoms with Crippen LogP contribution in [0.4, 0.5) is 5.69 Å². The molecule has 1 atom stereocenters. The minimum absolute atomic E-state index is 0. The van der Waals surface area contributed by atoms with Gasteiger partial charge in [-0.3, -0.25) is 14.8 Å². The summed E-state index contributed by atoms with van der Waals surface area (Å²) in [7, 11) is -2.41. The van der Waals surface area contributed by atoms with Crippen LogP contribution in [0.15, 0.2) is 65.8 Å². The summed E-state index contributed by atoms with van der Waals surface area (Å²) in [6.07, 6.45) is 4.92. The van der Waals surface area contributed by atoms with Crippen molar-refractivity contribution >= 4 is 62.4 Å². The summed E-state index contributed by atoms with van der Waals surface area (Å²) < 4.78 is 27.9. The van der Waals surface area contributed by atoms with E-state index in [0.717, 1.165) is 41.3 Å². The van der Waals surface area contributed by atoms with E-state index in [4.69, 9.17) is 11.6 Å². The number of nitrogens with zero attached hydrogens (tertiary/aromatic N) is 5. The molecule has 1 aromatic heterocycles. The van der Waals surface area contributed by atoms with Gasteiger partial charge in [0.15, 0.2) is 6.04 Å². The van der Waals surface area contributed by atoms with Gasteiger partial charge in [-0.15, -0.1) is 12.4 Å². The van der Waals surface area contributed by atoms with Crippen molar-refractivity contribution in [2.75, 3.05) is 38.1 Å². The minimum Gasteiger partial charge on any atom is -0.480 e. The maximum atomic E-state index is 13.5. The van der Waals surface area contributed by atoms with Crippen LogP contribution in [-0.4, -0.2) is 90.0 Å². The standard InChI is InChI=1S/C26H28ClN5O5S.ClH/c1-29(21-8-12-30(13-9-21)22-6-10-28-11-7-22)32-24(26(34)35)16-31(17-25(32)33)38(36,37)23-5-3-18-14-20(27)4-2-19(18)15-23;/h2-7,10-11,14-15,21,24H,8-9,12-13,16-17H2,1H3,(H,34,35);1H. The van der Waals surface area contributed by atoms with Crippen molar-refractivity contribution in [3.63, 3.8) is 0 Å². The van der Waals surface area contributed by atoms with Crippen LogP contribution in [0.5, 0.6) is 0 Å². The van der Waals surface area contributed by atoms with Gasteiger partial charge in [-0.1, -0.05) is 23.7 Å². The van der Waals surface area contributed by atoms with Crippen LogP contribution in [0.1, 0.15) is 12.8 Å². The number of hydrogen-bond acceptors (Lipinski definition) is 7. The normalized spacial score (nSPS) is 19.4. The molecule has 39 heavy (non-hydrogen) atoms. The van der Waals surface area contributed by atoms with Crippen molar-refractivity contribution in [3.05, 3.63) is 65.9 Å².